The molecule has 3 heteroatoms. The molecule has 0 amide bonds. The second kappa shape index (κ2) is 3.61. The number of aromatic hydroxyl groups is 1. The Bertz CT molecular complexity index is 497. The number of hydrogen-bond donors (Lipinski definition) is 1. The number of carbonyl (C=O) groups is 1. The Labute approximate surface area is 87.0 Å². The summed E-state index contributed by atoms with van der Waals surface area (Å²) in [6.45, 7) is 1.87. The minimum Gasteiger partial charge on any atom is -0.508 e. The molecule has 0 saturated heterocycles. The van der Waals surface area contributed by atoms with Crippen molar-refractivity contribution >= 4 is 6.29 Å². The molecule has 0 bridgehead atoms. The Morgan fingerprint density at radius 3 is 2.67 bits per heavy atom. The maximum atomic E-state index is 10.5. The van der Waals surface area contributed by atoms with Gasteiger partial charge in [-0.05, 0) is 42.8 Å². The minimum atomic E-state index is 0.221. The first-order chi connectivity index (χ1) is 7.20. The first kappa shape index (κ1) is 9.52. The summed E-state index contributed by atoms with van der Waals surface area (Å²) in [7, 11) is 0. The number of phenolic OH excluding ortho intramolecular Hbond substituents is 1. The summed E-state index contributed by atoms with van der Waals surface area (Å²) in [4.78, 5) is 10.5. The van der Waals surface area contributed by atoms with Crippen LogP contribution in [-0.4, -0.2) is 11.4 Å². The van der Waals surface area contributed by atoms with Crippen molar-refractivity contribution in [1.29, 1.82) is 0 Å². The van der Waals surface area contributed by atoms with Gasteiger partial charge in [-0.1, -0.05) is 0 Å². The van der Waals surface area contributed by atoms with Gasteiger partial charge in [0, 0.05) is 5.56 Å². The second-order valence-electron chi connectivity index (χ2n) is 3.32. The van der Waals surface area contributed by atoms with Crippen molar-refractivity contribution in [3.05, 3.63) is 41.7 Å². The third-order valence-corrected chi connectivity index (χ3v) is 2.22. The zero-order valence-corrected chi connectivity index (χ0v) is 8.23. The van der Waals surface area contributed by atoms with E-state index < -0.39 is 0 Å². The molecule has 1 N–H and O–H groups in total. The molecule has 0 aliphatic carbocycles. The van der Waals surface area contributed by atoms with E-state index in [1.165, 1.54) is 0 Å². The van der Waals surface area contributed by atoms with Gasteiger partial charge < -0.3 is 9.52 Å². The molecule has 2 rings (SSSR count). The average molecular weight is 202 g/mol. The number of benzene rings is 1. The van der Waals surface area contributed by atoms with Gasteiger partial charge in [-0.2, -0.15) is 0 Å². The molecule has 0 radical (unpaired) electrons. The van der Waals surface area contributed by atoms with Crippen molar-refractivity contribution in [3.8, 4) is 17.1 Å². The number of aryl methyl sites for hydroxylation is 1. The summed E-state index contributed by atoms with van der Waals surface area (Å²) in [6, 6.07) is 8.36. The van der Waals surface area contributed by atoms with Gasteiger partial charge in [0.05, 0.1) is 0 Å². The zero-order chi connectivity index (χ0) is 10.8. The lowest BCUT2D eigenvalue weighted by Gasteiger charge is -2.02. The van der Waals surface area contributed by atoms with E-state index in [4.69, 9.17) is 4.42 Å². The Balaban J connectivity index is 2.49. The highest BCUT2D eigenvalue weighted by Crippen LogP contribution is 2.27. The lowest BCUT2D eigenvalue weighted by Crippen LogP contribution is -1.80. The molecule has 3 nitrogen and oxygen atoms in total. The molecule has 0 fully saturated rings. The standard InChI is InChI=1S/C12H10O3/c1-8-6-9(14)2-4-11(8)12-5-3-10(7-13)15-12/h2-7,14H,1H3. The predicted molar refractivity (Wildman–Crippen MR) is 55.9 cm³/mol. The quantitative estimate of drug-likeness (QED) is 0.762. The molecule has 0 atom stereocenters. The maximum Gasteiger partial charge on any atom is 0.185 e. The van der Waals surface area contributed by atoms with E-state index in [1.807, 2.05) is 6.92 Å². The number of carbonyl (C=O) groups excluding carboxylic acids is 1. The summed E-state index contributed by atoms with van der Waals surface area (Å²) in [6.07, 6.45) is 0.666. The summed E-state index contributed by atoms with van der Waals surface area (Å²) in [5, 5.41) is 9.25. The van der Waals surface area contributed by atoms with Crippen LogP contribution in [0.5, 0.6) is 5.75 Å². The van der Waals surface area contributed by atoms with Crippen molar-refractivity contribution in [2.24, 2.45) is 0 Å². The molecule has 0 aliphatic rings. The Morgan fingerprint density at radius 1 is 1.27 bits per heavy atom. The van der Waals surface area contributed by atoms with Crippen LogP contribution >= 0.6 is 0 Å². The van der Waals surface area contributed by atoms with Crippen LogP contribution < -0.4 is 0 Å². The van der Waals surface area contributed by atoms with Crippen molar-refractivity contribution in [3.63, 3.8) is 0 Å². The van der Waals surface area contributed by atoms with Crippen LogP contribution in [0.1, 0.15) is 16.1 Å². The Morgan fingerprint density at radius 2 is 2.07 bits per heavy atom. The van der Waals surface area contributed by atoms with E-state index in [1.54, 1.807) is 30.3 Å². The summed E-state index contributed by atoms with van der Waals surface area (Å²) in [5.41, 5.74) is 1.78. The summed E-state index contributed by atoms with van der Waals surface area (Å²) < 4.78 is 5.29. The van der Waals surface area contributed by atoms with Crippen LogP contribution in [0, 0.1) is 6.92 Å². The van der Waals surface area contributed by atoms with E-state index >= 15 is 0 Å². The van der Waals surface area contributed by atoms with Crippen LogP contribution in [0.2, 0.25) is 0 Å². The minimum absolute atomic E-state index is 0.221. The fraction of sp³-hybridized carbons (Fsp3) is 0.0833. The number of aldehydes is 1. The van der Waals surface area contributed by atoms with Crippen molar-refractivity contribution in [2.45, 2.75) is 6.92 Å². The molecule has 1 heterocycles. The van der Waals surface area contributed by atoms with Crippen LogP contribution in [0.3, 0.4) is 0 Å². The first-order valence-corrected chi connectivity index (χ1v) is 4.55. The highest BCUT2D eigenvalue weighted by atomic mass is 16.3. The van der Waals surface area contributed by atoms with E-state index in [-0.39, 0.29) is 5.75 Å². The number of furan rings is 1. The highest BCUT2D eigenvalue weighted by Gasteiger charge is 2.07. The molecule has 76 valence electrons. The third kappa shape index (κ3) is 1.76. The topological polar surface area (TPSA) is 50.4 Å². The molecule has 2 aromatic rings. The first-order valence-electron chi connectivity index (χ1n) is 4.55. The van der Waals surface area contributed by atoms with Gasteiger partial charge in [0.15, 0.2) is 12.0 Å². The Kier molecular flexibility index (Phi) is 2.29. The van der Waals surface area contributed by atoms with E-state index in [0.717, 1.165) is 11.1 Å². The van der Waals surface area contributed by atoms with Crippen molar-refractivity contribution < 1.29 is 14.3 Å². The highest BCUT2D eigenvalue weighted by molar-refractivity contribution is 5.73. The predicted octanol–water partition coefficient (Wildman–Crippen LogP) is 2.77. The molecule has 0 saturated carbocycles. The average Bonchev–Trinajstić information content (AvgIpc) is 2.66. The van der Waals surface area contributed by atoms with Crippen molar-refractivity contribution in [2.75, 3.05) is 0 Å². The fourth-order valence-electron chi connectivity index (χ4n) is 1.49. The van der Waals surface area contributed by atoms with Crippen LogP contribution in [-0.2, 0) is 0 Å². The number of rotatable bonds is 2. The van der Waals surface area contributed by atoms with Gasteiger partial charge in [0.25, 0.3) is 0 Å². The molecular weight excluding hydrogens is 192 g/mol. The van der Waals surface area contributed by atoms with Crippen LogP contribution in [0.15, 0.2) is 34.7 Å². The SMILES string of the molecule is Cc1cc(O)ccc1-c1ccc(C=O)o1. The largest absolute Gasteiger partial charge is 0.508 e. The normalized spacial score (nSPS) is 10.2. The van der Waals surface area contributed by atoms with E-state index in [2.05, 4.69) is 0 Å². The molecule has 0 aliphatic heterocycles. The van der Waals surface area contributed by atoms with E-state index in [9.17, 15) is 9.90 Å². The van der Waals surface area contributed by atoms with Gasteiger partial charge in [-0.3, -0.25) is 4.79 Å². The zero-order valence-electron chi connectivity index (χ0n) is 8.23. The number of hydrogen-bond acceptors (Lipinski definition) is 3. The van der Waals surface area contributed by atoms with Gasteiger partial charge in [-0.25, -0.2) is 0 Å². The van der Waals surface area contributed by atoms with Gasteiger partial charge in [-0.15, -0.1) is 0 Å². The Hall–Kier alpha value is -2.03. The molecule has 15 heavy (non-hydrogen) atoms. The lowest BCUT2D eigenvalue weighted by molar-refractivity contribution is 0.110. The van der Waals surface area contributed by atoms with E-state index in [0.29, 0.717) is 17.8 Å². The molecule has 1 aromatic carbocycles. The van der Waals surface area contributed by atoms with Gasteiger partial charge >= 0.3 is 0 Å². The maximum absolute atomic E-state index is 10.5. The summed E-state index contributed by atoms with van der Waals surface area (Å²) >= 11 is 0. The van der Waals surface area contributed by atoms with Crippen LogP contribution in [0.25, 0.3) is 11.3 Å². The van der Waals surface area contributed by atoms with Crippen molar-refractivity contribution in [1.82, 2.24) is 0 Å². The second-order valence-corrected chi connectivity index (χ2v) is 3.32. The van der Waals surface area contributed by atoms with Gasteiger partial charge in [0.2, 0.25) is 0 Å². The third-order valence-electron chi connectivity index (χ3n) is 2.22. The molecular formula is C12H10O3. The van der Waals surface area contributed by atoms with Gasteiger partial charge in [0.1, 0.15) is 11.5 Å². The van der Waals surface area contributed by atoms with Crippen LogP contribution in [0.4, 0.5) is 0 Å². The fourth-order valence-corrected chi connectivity index (χ4v) is 1.49. The smallest absolute Gasteiger partial charge is 0.185 e. The molecule has 1 aromatic heterocycles. The summed E-state index contributed by atoms with van der Waals surface area (Å²) in [5.74, 6) is 1.16. The molecule has 0 unspecified atom stereocenters. The molecule has 0 spiro atoms. The lowest BCUT2D eigenvalue weighted by atomic mass is 10.1. The monoisotopic (exact) mass is 202 g/mol. The number of phenols is 1.